The van der Waals surface area contributed by atoms with Crippen LogP contribution >= 0.6 is 11.8 Å². The number of nitrogens with one attached hydrogen (secondary N) is 1. The molecule has 0 aliphatic carbocycles. The van der Waals surface area contributed by atoms with E-state index in [1.54, 1.807) is 6.08 Å². The molecule has 2 aromatic carbocycles. The van der Waals surface area contributed by atoms with E-state index >= 15 is 0 Å². The minimum Gasteiger partial charge on any atom is -0.318 e. The van der Waals surface area contributed by atoms with Crippen LogP contribution < -0.4 is 0 Å². The van der Waals surface area contributed by atoms with Crippen LogP contribution in [0.25, 0.3) is 11.8 Å². The summed E-state index contributed by atoms with van der Waals surface area (Å²) in [6.45, 7) is 6.15. The summed E-state index contributed by atoms with van der Waals surface area (Å²) in [6, 6.07) is 20.3. The lowest BCUT2D eigenvalue weighted by molar-refractivity contribution is -0.114. The van der Waals surface area contributed by atoms with Crippen LogP contribution in [0.2, 0.25) is 0 Å². The molecule has 7 heteroatoms. The molecule has 3 heterocycles. The molecular formula is C26H23N5OS. The van der Waals surface area contributed by atoms with Gasteiger partial charge in [0.2, 0.25) is 5.17 Å². The lowest BCUT2D eigenvalue weighted by atomic mass is 10.1. The second kappa shape index (κ2) is 8.33. The molecule has 1 amide bonds. The molecule has 0 saturated heterocycles. The standard InChI is InChI=1S/C26H23N5OS/c1-16-9-7-8-12-22(16)30-17(2)13-20(18(30)3)15-21-24(27)31-26(28-25(21)32)33-23(29-31)14-19-10-5-4-6-11-19/h4-13,15,27H,14H2,1-3H3. The van der Waals surface area contributed by atoms with E-state index in [0.717, 1.165) is 33.2 Å². The van der Waals surface area contributed by atoms with Crippen molar-refractivity contribution in [2.24, 2.45) is 10.1 Å². The molecule has 0 spiro atoms. The highest BCUT2D eigenvalue weighted by Gasteiger charge is 2.35. The highest BCUT2D eigenvalue weighted by molar-refractivity contribution is 8.26. The van der Waals surface area contributed by atoms with Crippen molar-refractivity contribution in [1.82, 2.24) is 9.58 Å². The van der Waals surface area contributed by atoms with Gasteiger partial charge in [-0.3, -0.25) is 10.2 Å². The van der Waals surface area contributed by atoms with Crippen molar-refractivity contribution in [3.05, 3.63) is 94.3 Å². The second-order valence-corrected chi connectivity index (χ2v) is 9.17. The highest BCUT2D eigenvalue weighted by Crippen LogP contribution is 2.31. The summed E-state index contributed by atoms with van der Waals surface area (Å²) in [5.41, 5.74) is 6.61. The van der Waals surface area contributed by atoms with E-state index in [0.29, 0.717) is 11.6 Å². The topological polar surface area (TPSA) is 73.8 Å². The molecule has 33 heavy (non-hydrogen) atoms. The number of carbonyl (C=O) groups is 1. The summed E-state index contributed by atoms with van der Waals surface area (Å²) in [4.78, 5) is 17.1. The van der Waals surface area contributed by atoms with E-state index in [1.807, 2.05) is 62.4 Å². The van der Waals surface area contributed by atoms with Gasteiger partial charge in [0.25, 0.3) is 5.91 Å². The number of hydrazone groups is 1. The van der Waals surface area contributed by atoms with Crippen molar-refractivity contribution < 1.29 is 4.79 Å². The summed E-state index contributed by atoms with van der Waals surface area (Å²) >= 11 is 1.35. The Bertz CT molecular complexity index is 1380. The SMILES string of the molecule is Cc1ccccc1-n1c(C)cc(C=C2C(=N)N3N=C(Cc4ccccc4)SC3=NC2=O)c1C. The Kier molecular flexibility index (Phi) is 5.34. The molecule has 6 nitrogen and oxygen atoms in total. The van der Waals surface area contributed by atoms with Crippen LogP contribution in [0.15, 0.2) is 76.3 Å². The third-order valence-electron chi connectivity index (χ3n) is 5.82. The van der Waals surface area contributed by atoms with Crippen LogP contribution in [0.4, 0.5) is 0 Å². The molecule has 0 fully saturated rings. The number of fused-ring (bicyclic) bond motifs is 1. The minimum absolute atomic E-state index is 0.0567. The molecule has 2 aliphatic heterocycles. The number of benzene rings is 2. The molecule has 3 aromatic rings. The van der Waals surface area contributed by atoms with E-state index in [4.69, 9.17) is 5.41 Å². The van der Waals surface area contributed by atoms with Gasteiger partial charge in [0.05, 0.1) is 5.57 Å². The largest absolute Gasteiger partial charge is 0.318 e. The predicted molar refractivity (Wildman–Crippen MR) is 135 cm³/mol. The summed E-state index contributed by atoms with van der Waals surface area (Å²) in [6.07, 6.45) is 2.40. The van der Waals surface area contributed by atoms with Crippen LogP contribution in [0.3, 0.4) is 0 Å². The number of aryl methyl sites for hydroxylation is 2. The number of hydrogen-bond acceptors (Lipinski definition) is 4. The Labute approximate surface area is 196 Å². The van der Waals surface area contributed by atoms with Crippen molar-refractivity contribution in [1.29, 1.82) is 5.41 Å². The molecule has 1 N–H and O–H groups in total. The van der Waals surface area contributed by atoms with Gasteiger partial charge in [-0.1, -0.05) is 48.5 Å². The molecule has 1 aromatic heterocycles. The van der Waals surface area contributed by atoms with Gasteiger partial charge in [0, 0.05) is 23.5 Å². The smallest absolute Gasteiger partial charge is 0.283 e. The number of hydrogen-bond donors (Lipinski definition) is 1. The number of aromatic nitrogens is 1. The predicted octanol–water partition coefficient (Wildman–Crippen LogP) is 5.26. The third-order valence-corrected chi connectivity index (χ3v) is 6.73. The fourth-order valence-electron chi connectivity index (χ4n) is 4.15. The number of amidine groups is 2. The summed E-state index contributed by atoms with van der Waals surface area (Å²) in [5, 5.41) is 16.0. The van der Waals surface area contributed by atoms with Crippen LogP contribution in [0.5, 0.6) is 0 Å². The Morgan fingerprint density at radius 1 is 1.03 bits per heavy atom. The fraction of sp³-hybridized carbons (Fsp3) is 0.154. The normalized spacial score (nSPS) is 16.8. The van der Waals surface area contributed by atoms with E-state index in [1.165, 1.54) is 22.3 Å². The average molecular weight is 454 g/mol. The maximum Gasteiger partial charge on any atom is 0.283 e. The summed E-state index contributed by atoms with van der Waals surface area (Å²) in [7, 11) is 0. The van der Waals surface area contributed by atoms with Crippen molar-refractivity contribution >= 4 is 39.8 Å². The number of carbonyl (C=O) groups excluding carboxylic acids is 1. The molecular weight excluding hydrogens is 430 g/mol. The van der Waals surface area contributed by atoms with E-state index in [9.17, 15) is 4.79 Å². The number of para-hydroxylation sites is 1. The number of aliphatic imine (C=N–C) groups is 1. The van der Waals surface area contributed by atoms with Gasteiger partial charge in [-0.05, 0) is 67.4 Å². The van der Waals surface area contributed by atoms with E-state index in [-0.39, 0.29) is 11.4 Å². The van der Waals surface area contributed by atoms with Crippen LogP contribution in [0.1, 0.15) is 28.1 Å². The van der Waals surface area contributed by atoms with Crippen molar-refractivity contribution in [3.63, 3.8) is 0 Å². The molecule has 2 aliphatic rings. The molecule has 0 bridgehead atoms. The van der Waals surface area contributed by atoms with Gasteiger partial charge < -0.3 is 4.57 Å². The van der Waals surface area contributed by atoms with Gasteiger partial charge in [0.1, 0.15) is 5.04 Å². The maximum atomic E-state index is 12.8. The Morgan fingerprint density at radius 3 is 2.52 bits per heavy atom. The minimum atomic E-state index is -0.407. The zero-order valence-corrected chi connectivity index (χ0v) is 19.5. The van der Waals surface area contributed by atoms with Gasteiger partial charge >= 0.3 is 0 Å². The van der Waals surface area contributed by atoms with Gasteiger partial charge in [-0.2, -0.15) is 15.1 Å². The third kappa shape index (κ3) is 3.85. The molecule has 0 unspecified atom stereocenters. The highest BCUT2D eigenvalue weighted by atomic mass is 32.2. The average Bonchev–Trinajstić information content (AvgIpc) is 3.32. The molecule has 164 valence electrons. The van der Waals surface area contributed by atoms with Crippen molar-refractivity contribution in [3.8, 4) is 5.69 Å². The van der Waals surface area contributed by atoms with Crippen LogP contribution in [-0.4, -0.2) is 31.5 Å². The first kappa shape index (κ1) is 21.2. The summed E-state index contributed by atoms with van der Waals surface area (Å²) in [5.74, 6) is -0.350. The summed E-state index contributed by atoms with van der Waals surface area (Å²) < 4.78 is 2.18. The number of amides is 1. The number of nitrogens with zero attached hydrogens (tertiary/aromatic N) is 4. The van der Waals surface area contributed by atoms with Crippen molar-refractivity contribution in [2.75, 3.05) is 0 Å². The quantitative estimate of drug-likeness (QED) is 0.547. The first-order valence-corrected chi connectivity index (χ1v) is 11.5. The second-order valence-electron chi connectivity index (χ2n) is 8.12. The first-order chi connectivity index (χ1) is 15.9. The van der Waals surface area contributed by atoms with E-state index in [2.05, 4.69) is 33.7 Å². The Balaban J connectivity index is 1.47. The molecule has 0 atom stereocenters. The van der Waals surface area contributed by atoms with Gasteiger partial charge in [0.15, 0.2) is 5.84 Å². The number of thioether (sulfide) groups is 1. The lowest BCUT2D eigenvalue weighted by Crippen LogP contribution is -2.35. The monoisotopic (exact) mass is 453 g/mol. The van der Waals surface area contributed by atoms with Crippen LogP contribution in [-0.2, 0) is 11.2 Å². The zero-order valence-electron chi connectivity index (χ0n) is 18.7. The maximum absolute atomic E-state index is 12.8. The number of rotatable bonds is 4. The molecule has 5 rings (SSSR count). The van der Waals surface area contributed by atoms with Gasteiger partial charge in [-0.25, -0.2) is 0 Å². The Morgan fingerprint density at radius 2 is 1.76 bits per heavy atom. The lowest BCUT2D eigenvalue weighted by Gasteiger charge is -2.20. The molecule has 0 saturated carbocycles. The Hall–Kier alpha value is -3.71. The first-order valence-electron chi connectivity index (χ1n) is 10.7. The van der Waals surface area contributed by atoms with Crippen molar-refractivity contribution in [2.45, 2.75) is 27.2 Å². The van der Waals surface area contributed by atoms with E-state index < -0.39 is 5.91 Å². The van der Waals surface area contributed by atoms with Crippen LogP contribution in [0, 0.1) is 26.2 Å². The van der Waals surface area contributed by atoms with Gasteiger partial charge in [-0.15, -0.1) is 0 Å². The zero-order chi connectivity index (χ0) is 23.1. The molecule has 0 radical (unpaired) electrons. The fourth-order valence-corrected chi connectivity index (χ4v) is 5.07.